The van der Waals surface area contributed by atoms with Crippen molar-refractivity contribution in [2.75, 3.05) is 0 Å². The van der Waals surface area contributed by atoms with Gasteiger partial charge in [0.25, 0.3) is 16.6 Å². The van der Waals surface area contributed by atoms with Gasteiger partial charge in [0.2, 0.25) is 0 Å². The predicted molar refractivity (Wildman–Crippen MR) is 120 cm³/mol. The summed E-state index contributed by atoms with van der Waals surface area (Å²) in [6.45, 7) is 19.0. The highest BCUT2D eigenvalue weighted by atomic mass is 28.4. The van der Waals surface area contributed by atoms with Crippen LogP contribution in [0.15, 0.2) is 10.2 Å². The van der Waals surface area contributed by atoms with E-state index in [1.165, 1.54) is 0 Å². The predicted octanol–water partition coefficient (Wildman–Crippen LogP) is 7.63. The van der Waals surface area contributed by atoms with E-state index in [1.807, 2.05) is 20.8 Å². The Hall–Kier alpha value is -1.03. The smallest absolute Gasteiger partial charge is 0.439 e. The lowest BCUT2D eigenvalue weighted by Crippen LogP contribution is -2.43. The molecule has 2 amide bonds. The topological polar surface area (TPSA) is 77.3 Å². The summed E-state index contributed by atoms with van der Waals surface area (Å²) < 4.78 is 11.6. The molecular formula is C20H42N2O4Si2. The molecule has 0 N–H and O–H groups in total. The third-order valence-corrected chi connectivity index (χ3v) is 14.9. The molecule has 6 nitrogen and oxygen atoms in total. The van der Waals surface area contributed by atoms with Gasteiger partial charge in [-0.2, -0.15) is 0 Å². The van der Waals surface area contributed by atoms with Gasteiger partial charge in [0, 0.05) is 0 Å². The lowest BCUT2D eigenvalue weighted by Gasteiger charge is -2.34. The average molecular weight is 431 g/mol. The number of carbonyl (C=O) groups excluding carboxylic acids is 2. The first-order valence-corrected chi connectivity index (χ1v) is 15.9. The van der Waals surface area contributed by atoms with Crippen molar-refractivity contribution in [1.29, 1.82) is 0 Å². The number of rotatable bonds is 11. The Balaban J connectivity index is 5.29. The molecule has 0 atom stereocenters. The molecule has 0 fully saturated rings. The highest BCUT2D eigenvalue weighted by Gasteiger charge is 2.41. The molecule has 0 aliphatic carbocycles. The standard InChI is InChI=1S/C20H42N2O4Si2/c1-10-27(11-2,12-3)25-19(23)21-22-20(24)26-28(13-16(4)5,14-17(6)7)15-18(8)9/h16-18H,10-15H2,1-9H3/b22-21+. The molecular weight excluding hydrogens is 388 g/mol. The molecule has 0 aliphatic heterocycles. The molecule has 0 aromatic rings. The maximum atomic E-state index is 12.4. The van der Waals surface area contributed by atoms with Crippen molar-refractivity contribution in [1.82, 2.24) is 0 Å². The normalized spacial score (nSPS) is 13.0. The van der Waals surface area contributed by atoms with E-state index < -0.39 is 28.8 Å². The fourth-order valence-corrected chi connectivity index (χ4v) is 12.0. The van der Waals surface area contributed by atoms with Gasteiger partial charge in [0.15, 0.2) is 0 Å². The van der Waals surface area contributed by atoms with Gasteiger partial charge in [-0.05, 0) is 54.0 Å². The molecule has 0 rings (SSSR count). The van der Waals surface area contributed by atoms with Gasteiger partial charge >= 0.3 is 12.2 Å². The summed E-state index contributed by atoms with van der Waals surface area (Å²) in [7, 11) is -4.45. The molecule has 0 spiro atoms. The van der Waals surface area contributed by atoms with Crippen LogP contribution in [-0.2, 0) is 8.85 Å². The maximum absolute atomic E-state index is 12.4. The number of hydrogen-bond donors (Lipinski definition) is 0. The first-order chi connectivity index (χ1) is 12.9. The second-order valence-electron chi connectivity index (χ2n) is 9.16. The molecule has 0 heterocycles. The van der Waals surface area contributed by atoms with Gasteiger partial charge < -0.3 is 8.85 Å². The third kappa shape index (κ3) is 9.95. The molecule has 0 aromatic carbocycles. The van der Waals surface area contributed by atoms with E-state index in [4.69, 9.17) is 8.85 Å². The lowest BCUT2D eigenvalue weighted by atomic mass is 10.2. The molecule has 8 heteroatoms. The van der Waals surface area contributed by atoms with E-state index in [1.54, 1.807) is 0 Å². The SMILES string of the molecule is CC[Si](CC)(CC)OC(=O)/N=N/C(=O)O[Si](CC(C)C)(CC(C)C)CC(C)C. The van der Waals surface area contributed by atoms with Crippen LogP contribution in [0.5, 0.6) is 0 Å². The summed E-state index contributed by atoms with van der Waals surface area (Å²) in [5, 5.41) is 7.08. The fourth-order valence-electron chi connectivity index (χ4n) is 4.07. The second kappa shape index (κ2) is 12.5. The number of azo groups is 1. The van der Waals surface area contributed by atoms with E-state index in [0.29, 0.717) is 17.8 Å². The Morgan fingerprint density at radius 1 is 0.643 bits per heavy atom. The van der Waals surface area contributed by atoms with Crippen LogP contribution in [-0.4, -0.2) is 28.8 Å². The zero-order valence-corrected chi connectivity index (χ0v) is 21.5. The van der Waals surface area contributed by atoms with Gasteiger partial charge in [-0.15, -0.1) is 0 Å². The van der Waals surface area contributed by atoms with Crippen LogP contribution in [0.2, 0.25) is 36.3 Å². The van der Waals surface area contributed by atoms with Crippen LogP contribution >= 0.6 is 0 Å². The van der Waals surface area contributed by atoms with Crippen molar-refractivity contribution in [3.05, 3.63) is 0 Å². The van der Waals surface area contributed by atoms with Crippen LogP contribution in [0.4, 0.5) is 9.59 Å². The largest absolute Gasteiger partial charge is 0.501 e. The number of hydrogen-bond acceptors (Lipinski definition) is 4. The average Bonchev–Trinajstić information content (AvgIpc) is 2.55. The van der Waals surface area contributed by atoms with E-state index in [2.05, 4.69) is 51.8 Å². The van der Waals surface area contributed by atoms with Crippen LogP contribution < -0.4 is 0 Å². The maximum Gasteiger partial charge on any atom is 0.439 e. The van der Waals surface area contributed by atoms with Crippen molar-refractivity contribution in [2.45, 2.75) is 98.6 Å². The molecule has 0 bridgehead atoms. The second-order valence-corrected chi connectivity index (χ2v) is 17.6. The monoisotopic (exact) mass is 430 g/mol. The van der Waals surface area contributed by atoms with Crippen LogP contribution in [0.3, 0.4) is 0 Å². The zero-order valence-electron chi connectivity index (χ0n) is 19.5. The number of carbonyl (C=O) groups is 2. The lowest BCUT2D eigenvalue weighted by molar-refractivity contribution is 0.196. The van der Waals surface area contributed by atoms with E-state index in [0.717, 1.165) is 36.3 Å². The highest BCUT2D eigenvalue weighted by molar-refractivity contribution is 6.75. The van der Waals surface area contributed by atoms with Gasteiger partial charge in [0.1, 0.15) is 0 Å². The Bertz CT molecular complexity index is 484. The van der Waals surface area contributed by atoms with Crippen molar-refractivity contribution in [3.63, 3.8) is 0 Å². The van der Waals surface area contributed by atoms with Gasteiger partial charge in [-0.1, -0.05) is 72.5 Å². The van der Waals surface area contributed by atoms with E-state index in [9.17, 15) is 9.59 Å². The van der Waals surface area contributed by atoms with E-state index in [-0.39, 0.29) is 0 Å². The minimum atomic E-state index is -2.33. The molecule has 28 heavy (non-hydrogen) atoms. The van der Waals surface area contributed by atoms with Gasteiger partial charge in [-0.25, -0.2) is 9.59 Å². The summed E-state index contributed by atoms with van der Waals surface area (Å²) in [5.41, 5.74) is 0. The Labute approximate surface area is 174 Å². The Kier molecular flexibility index (Phi) is 12.1. The highest BCUT2D eigenvalue weighted by Crippen LogP contribution is 2.33. The molecule has 0 unspecified atom stereocenters. The van der Waals surface area contributed by atoms with Gasteiger partial charge in [0.05, 0.1) is 0 Å². The Morgan fingerprint density at radius 3 is 1.18 bits per heavy atom. The van der Waals surface area contributed by atoms with Crippen LogP contribution in [0, 0.1) is 17.8 Å². The molecule has 0 saturated heterocycles. The Morgan fingerprint density at radius 2 is 0.929 bits per heavy atom. The molecule has 0 aromatic heterocycles. The quantitative estimate of drug-likeness (QED) is 0.249. The molecule has 0 saturated carbocycles. The zero-order chi connectivity index (χ0) is 22.0. The first kappa shape index (κ1) is 27.0. The number of nitrogens with zero attached hydrogens (tertiary/aromatic N) is 2. The minimum Gasteiger partial charge on any atom is -0.501 e. The van der Waals surface area contributed by atoms with E-state index >= 15 is 0 Å². The fraction of sp³-hybridized carbons (Fsp3) is 0.900. The van der Waals surface area contributed by atoms with Crippen molar-refractivity contribution in [2.24, 2.45) is 28.0 Å². The first-order valence-electron chi connectivity index (χ1n) is 10.8. The van der Waals surface area contributed by atoms with Crippen molar-refractivity contribution in [3.8, 4) is 0 Å². The third-order valence-electron chi connectivity index (χ3n) is 5.09. The summed E-state index contributed by atoms with van der Waals surface area (Å²) in [6, 6.07) is 5.18. The minimum absolute atomic E-state index is 0.434. The summed E-state index contributed by atoms with van der Waals surface area (Å²) in [4.78, 5) is 24.5. The molecule has 0 aliphatic rings. The molecule has 164 valence electrons. The van der Waals surface area contributed by atoms with Gasteiger partial charge in [-0.3, -0.25) is 0 Å². The summed E-state index contributed by atoms with van der Waals surface area (Å²) >= 11 is 0. The van der Waals surface area contributed by atoms with Crippen LogP contribution in [0.1, 0.15) is 62.3 Å². The van der Waals surface area contributed by atoms with Crippen molar-refractivity contribution < 1.29 is 18.4 Å². The molecule has 0 radical (unpaired) electrons. The summed E-state index contributed by atoms with van der Waals surface area (Å²) in [5.74, 6) is 1.30. The van der Waals surface area contributed by atoms with Crippen molar-refractivity contribution >= 4 is 28.8 Å². The number of amides is 2. The summed E-state index contributed by atoms with van der Waals surface area (Å²) in [6.07, 6.45) is -1.51. The van der Waals surface area contributed by atoms with Crippen LogP contribution in [0.25, 0.3) is 0 Å².